The Morgan fingerprint density at radius 2 is 2.22 bits per heavy atom. The molecule has 0 radical (unpaired) electrons. The Bertz CT molecular complexity index is 737. The Kier molecular flexibility index (Phi) is 1.75. The maximum absolute atomic E-state index is 4.37. The average molecular weight is 237 g/mol. The third kappa shape index (κ3) is 1.18. The van der Waals surface area contributed by atoms with Crippen molar-refractivity contribution in [2.75, 3.05) is 0 Å². The van der Waals surface area contributed by atoms with Gasteiger partial charge in [0.05, 0.1) is 30.5 Å². The summed E-state index contributed by atoms with van der Waals surface area (Å²) in [5.74, 6) is 0.911. The van der Waals surface area contributed by atoms with Crippen molar-refractivity contribution in [3.63, 3.8) is 0 Å². The third-order valence-corrected chi connectivity index (χ3v) is 3.30. The van der Waals surface area contributed by atoms with Gasteiger partial charge < -0.3 is 4.57 Å². The molecule has 1 aromatic carbocycles. The molecular weight excluding hydrogens is 226 g/mol. The standard InChI is InChI=1S/C13H11N5/c1-9-2-3-11-12(4-9)17-8-14-5-10(17)6-18-13(11)15-7-16-18/h2-5,7-8H,6H2,1H3. The van der Waals surface area contributed by atoms with Crippen LogP contribution in [0.3, 0.4) is 0 Å². The van der Waals surface area contributed by atoms with Gasteiger partial charge in [-0.3, -0.25) is 0 Å². The highest BCUT2D eigenvalue weighted by atomic mass is 15.3. The molecule has 0 amide bonds. The van der Waals surface area contributed by atoms with Gasteiger partial charge in [0.25, 0.3) is 0 Å². The third-order valence-electron chi connectivity index (χ3n) is 3.30. The molecule has 88 valence electrons. The lowest BCUT2D eigenvalue weighted by Gasteiger charge is -2.08. The zero-order valence-electron chi connectivity index (χ0n) is 9.91. The van der Waals surface area contributed by atoms with Crippen LogP contribution in [0.25, 0.3) is 17.1 Å². The van der Waals surface area contributed by atoms with E-state index >= 15 is 0 Å². The Labute approximate surface area is 104 Å². The average Bonchev–Trinajstić information content (AvgIpc) is 2.97. The van der Waals surface area contributed by atoms with Crippen LogP contribution in [-0.2, 0) is 6.54 Å². The molecule has 1 aliphatic heterocycles. The van der Waals surface area contributed by atoms with Crippen molar-refractivity contribution in [1.82, 2.24) is 24.3 Å². The summed E-state index contributed by atoms with van der Waals surface area (Å²) in [6, 6.07) is 6.35. The highest BCUT2D eigenvalue weighted by Gasteiger charge is 2.20. The highest BCUT2D eigenvalue weighted by Crippen LogP contribution is 2.30. The van der Waals surface area contributed by atoms with Crippen molar-refractivity contribution in [3.05, 3.63) is 48.3 Å². The van der Waals surface area contributed by atoms with E-state index in [1.54, 1.807) is 6.33 Å². The predicted molar refractivity (Wildman–Crippen MR) is 66.4 cm³/mol. The summed E-state index contributed by atoms with van der Waals surface area (Å²) in [5.41, 5.74) is 4.55. The Morgan fingerprint density at radius 3 is 3.17 bits per heavy atom. The van der Waals surface area contributed by atoms with Crippen LogP contribution in [0.4, 0.5) is 0 Å². The van der Waals surface area contributed by atoms with Gasteiger partial charge in [0.1, 0.15) is 6.33 Å². The SMILES string of the molecule is Cc1ccc2c(c1)-n1cncc1Cn1ncnc1-2. The largest absolute Gasteiger partial charge is 0.301 e. The lowest BCUT2D eigenvalue weighted by Crippen LogP contribution is -2.03. The van der Waals surface area contributed by atoms with Crippen LogP contribution in [0.2, 0.25) is 0 Å². The Balaban J connectivity index is 2.13. The van der Waals surface area contributed by atoms with E-state index in [2.05, 4.69) is 44.8 Å². The lowest BCUT2D eigenvalue weighted by atomic mass is 10.1. The molecule has 0 bridgehead atoms. The Morgan fingerprint density at radius 1 is 1.28 bits per heavy atom. The van der Waals surface area contributed by atoms with E-state index in [0.29, 0.717) is 6.54 Å². The molecule has 5 nitrogen and oxygen atoms in total. The number of hydrogen-bond acceptors (Lipinski definition) is 3. The second-order valence-corrected chi connectivity index (χ2v) is 4.52. The Hall–Kier alpha value is -2.43. The minimum Gasteiger partial charge on any atom is -0.301 e. The zero-order valence-corrected chi connectivity index (χ0v) is 9.91. The number of nitrogens with zero attached hydrogens (tertiary/aromatic N) is 5. The first-order valence-electron chi connectivity index (χ1n) is 5.83. The molecule has 2 aromatic heterocycles. The predicted octanol–water partition coefficient (Wildman–Crippen LogP) is 1.80. The first-order chi connectivity index (χ1) is 8.83. The molecule has 5 heteroatoms. The van der Waals surface area contributed by atoms with Gasteiger partial charge in [0.2, 0.25) is 0 Å². The van der Waals surface area contributed by atoms with Crippen molar-refractivity contribution in [3.8, 4) is 17.1 Å². The van der Waals surface area contributed by atoms with Crippen LogP contribution in [0, 0.1) is 6.92 Å². The van der Waals surface area contributed by atoms with E-state index in [-0.39, 0.29) is 0 Å². The molecule has 0 saturated carbocycles. The summed E-state index contributed by atoms with van der Waals surface area (Å²) in [7, 11) is 0. The van der Waals surface area contributed by atoms with Crippen LogP contribution < -0.4 is 0 Å². The summed E-state index contributed by atoms with van der Waals surface area (Å²) in [5, 5.41) is 4.28. The fraction of sp³-hybridized carbons (Fsp3) is 0.154. The monoisotopic (exact) mass is 237 g/mol. The molecule has 3 heterocycles. The van der Waals surface area contributed by atoms with Crippen molar-refractivity contribution < 1.29 is 0 Å². The van der Waals surface area contributed by atoms with Crippen LogP contribution in [-0.4, -0.2) is 24.3 Å². The van der Waals surface area contributed by atoms with E-state index in [0.717, 1.165) is 22.8 Å². The molecule has 1 aliphatic rings. The maximum Gasteiger partial charge on any atom is 0.160 e. The molecule has 0 saturated heterocycles. The summed E-state index contributed by atoms with van der Waals surface area (Å²) < 4.78 is 4.02. The number of hydrogen-bond donors (Lipinski definition) is 0. The van der Waals surface area contributed by atoms with Gasteiger partial charge in [-0.05, 0) is 24.6 Å². The number of rotatable bonds is 0. The van der Waals surface area contributed by atoms with Gasteiger partial charge in [0.15, 0.2) is 5.82 Å². The number of aromatic nitrogens is 5. The zero-order chi connectivity index (χ0) is 12.1. The smallest absolute Gasteiger partial charge is 0.160 e. The van der Waals surface area contributed by atoms with E-state index in [1.165, 1.54) is 5.56 Å². The van der Waals surface area contributed by atoms with Crippen LogP contribution in [0.5, 0.6) is 0 Å². The van der Waals surface area contributed by atoms with Crippen LogP contribution >= 0.6 is 0 Å². The van der Waals surface area contributed by atoms with E-state index in [9.17, 15) is 0 Å². The normalized spacial score (nSPS) is 12.5. The number of fused-ring (bicyclic) bond motifs is 5. The quantitative estimate of drug-likeness (QED) is 0.468. The lowest BCUT2D eigenvalue weighted by molar-refractivity contribution is 0.677. The van der Waals surface area contributed by atoms with Crippen molar-refractivity contribution in [2.24, 2.45) is 0 Å². The molecule has 0 unspecified atom stereocenters. The summed E-state index contributed by atoms with van der Waals surface area (Å²) in [4.78, 5) is 8.60. The van der Waals surface area contributed by atoms with Crippen molar-refractivity contribution in [1.29, 1.82) is 0 Å². The van der Waals surface area contributed by atoms with Gasteiger partial charge in [-0.1, -0.05) is 6.07 Å². The topological polar surface area (TPSA) is 48.5 Å². The van der Waals surface area contributed by atoms with Crippen LogP contribution in [0.15, 0.2) is 37.1 Å². The molecule has 0 fully saturated rings. The fourth-order valence-corrected chi connectivity index (χ4v) is 2.43. The molecule has 0 N–H and O–H groups in total. The van der Waals surface area contributed by atoms with Gasteiger partial charge in [-0.25, -0.2) is 14.6 Å². The van der Waals surface area contributed by atoms with Gasteiger partial charge >= 0.3 is 0 Å². The maximum atomic E-state index is 4.37. The second-order valence-electron chi connectivity index (χ2n) is 4.52. The van der Waals surface area contributed by atoms with Gasteiger partial charge in [-0.2, -0.15) is 5.10 Å². The summed E-state index contributed by atoms with van der Waals surface area (Å²) in [6.45, 7) is 2.79. The van der Waals surface area contributed by atoms with Crippen molar-refractivity contribution >= 4 is 0 Å². The van der Waals surface area contributed by atoms with Crippen molar-refractivity contribution in [2.45, 2.75) is 13.5 Å². The highest BCUT2D eigenvalue weighted by molar-refractivity contribution is 5.69. The number of aryl methyl sites for hydroxylation is 1. The first kappa shape index (κ1) is 9.58. The van der Waals surface area contributed by atoms with Gasteiger partial charge in [-0.15, -0.1) is 0 Å². The molecule has 4 rings (SSSR count). The van der Waals surface area contributed by atoms with E-state index < -0.39 is 0 Å². The second kappa shape index (κ2) is 3.29. The molecule has 18 heavy (non-hydrogen) atoms. The number of benzene rings is 1. The number of imidazole rings is 1. The summed E-state index contributed by atoms with van der Waals surface area (Å²) >= 11 is 0. The molecule has 0 spiro atoms. The summed E-state index contributed by atoms with van der Waals surface area (Å²) in [6.07, 6.45) is 5.33. The van der Waals surface area contributed by atoms with E-state index in [1.807, 2.05) is 17.2 Å². The molecule has 3 aromatic rings. The molecule has 0 aliphatic carbocycles. The van der Waals surface area contributed by atoms with Gasteiger partial charge in [0, 0.05) is 5.56 Å². The first-order valence-corrected chi connectivity index (χ1v) is 5.83. The van der Waals surface area contributed by atoms with E-state index in [4.69, 9.17) is 0 Å². The molecule has 0 atom stereocenters. The minimum atomic E-state index is 0.697. The van der Waals surface area contributed by atoms with Crippen LogP contribution in [0.1, 0.15) is 11.3 Å². The fourth-order valence-electron chi connectivity index (χ4n) is 2.43. The minimum absolute atomic E-state index is 0.697. The molecular formula is C13H11N5.